The number of carbonyl (C=O) groups is 2. The van der Waals surface area contributed by atoms with Gasteiger partial charge in [0.1, 0.15) is 29.6 Å². The highest BCUT2D eigenvalue weighted by atomic mass is 16.5. The number of likely N-dealkylation sites (tertiary alicyclic amines) is 1. The first-order valence-electron chi connectivity index (χ1n) is 12.4. The Morgan fingerprint density at radius 1 is 1.03 bits per heavy atom. The van der Waals surface area contributed by atoms with Crippen LogP contribution in [0.3, 0.4) is 0 Å². The van der Waals surface area contributed by atoms with E-state index in [4.69, 9.17) is 9.47 Å². The number of carbonyl (C=O) groups excluding carboxylic acids is 2. The highest BCUT2D eigenvalue weighted by Gasteiger charge is 2.46. The number of aryl methyl sites for hydroxylation is 1. The monoisotopic (exact) mass is 512 g/mol. The summed E-state index contributed by atoms with van der Waals surface area (Å²) in [5.41, 5.74) is 1.93. The second-order valence-electron chi connectivity index (χ2n) is 9.36. The van der Waals surface area contributed by atoms with Crippen molar-refractivity contribution in [1.29, 1.82) is 0 Å². The highest BCUT2D eigenvalue weighted by Crippen LogP contribution is 2.41. The Bertz CT molecular complexity index is 1360. The smallest absolute Gasteiger partial charge is 0.295 e. The number of aliphatic hydroxyl groups is 1. The number of para-hydroxylation sites is 1. The standard InChI is InChI=1S/C31H32N2O5/c1-5-18-37-26-15-14-23(19-21(26)2)29(34)27-28(33(17-16-32(3)4)31(36)30(27)35)22-10-9-13-25(20-22)38-24-11-7-6-8-12-24/h5-15,19-20,28,34H,1,16-18H2,2-4H3. The molecule has 1 N–H and O–H groups in total. The molecule has 1 unspecified atom stereocenters. The molecule has 38 heavy (non-hydrogen) atoms. The van der Waals surface area contributed by atoms with E-state index in [0.717, 1.165) is 5.56 Å². The van der Waals surface area contributed by atoms with Crippen molar-refractivity contribution in [2.45, 2.75) is 13.0 Å². The first-order chi connectivity index (χ1) is 18.3. The van der Waals surface area contributed by atoms with E-state index >= 15 is 0 Å². The molecule has 196 valence electrons. The van der Waals surface area contributed by atoms with Crippen molar-refractivity contribution < 1.29 is 24.2 Å². The van der Waals surface area contributed by atoms with Crippen LogP contribution in [0.5, 0.6) is 17.2 Å². The van der Waals surface area contributed by atoms with E-state index in [1.54, 1.807) is 30.3 Å². The van der Waals surface area contributed by atoms with E-state index in [0.29, 0.717) is 48.1 Å². The van der Waals surface area contributed by atoms with Gasteiger partial charge in [-0.05, 0) is 74.6 Å². The summed E-state index contributed by atoms with van der Waals surface area (Å²) in [5.74, 6) is 0.288. The molecule has 0 saturated carbocycles. The fourth-order valence-corrected chi connectivity index (χ4v) is 4.40. The molecule has 1 atom stereocenters. The molecule has 7 heteroatoms. The lowest BCUT2D eigenvalue weighted by atomic mass is 9.94. The maximum Gasteiger partial charge on any atom is 0.295 e. The number of nitrogens with zero attached hydrogens (tertiary/aromatic N) is 2. The molecule has 0 bridgehead atoms. The number of likely N-dealkylation sites (N-methyl/N-ethyl adjacent to an activating group) is 1. The van der Waals surface area contributed by atoms with Crippen LogP contribution in [0, 0.1) is 6.92 Å². The Kier molecular flexibility index (Phi) is 8.28. The second-order valence-corrected chi connectivity index (χ2v) is 9.36. The van der Waals surface area contributed by atoms with Gasteiger partial charge in [0.15, 0.2) is 0 Å². The van der Waals surface area contributed by atoms with Crippen molar-refractivity contribution in [3.05, 3.63) is 108 Å². The van der Waals surface area contributed by atoms with Crippen LogP contribution in [0.15, 0.2) is 91.0 Å². The molecular formula is C31H32N2O5. The third-order valence-electron chi connectivity index (χ3n) is 6.29. The molecular weight excluding hydrogens is 480 g/mol. The number of hydrogen-bond donors (Lipinski definition) is 1. The molecule has 0 spiro atoms. The molecule has 1 aliphatic heterocycles. The average Bonchev–Trinajstić information content (AvgIpc) is 3.16. The summed E-state index contributed by atoms with van der Waals surface area (Å²) >= 11 is 0. The largest absolute Gasteiger partial charge is 0.507 e. The van der Waals surface area contributed by atoms with Crippen LogP contribution in [-0.2, 0) is 9.59 Å². The van der Waals surface area contributed by atoms with Crippen LogP contribution in [0.4, 0.5) is 0 Å². The molecule has 0 radical (unpaired) electrons. The molecule has 1 amide bonds. The molecule has 3 aromatic carbocycles. The Morgan fingerprint density at radius 3 is 2.45 bits per heavy atom. The van der Waals surface area contributed by atoms with Gasteiger partial charge in [-0.25, -0.2) is 0 Å². The van der Waals surface area contributed by atoms with Crippen molar-refractivity contribution >= 4 is 17.4 Å². The first kappa shape index (κ1) is 26.7. The molecule has 1 saturated heterocycles. The number of aliphatic hydroxyl groups excluding tert-OH is 1. The zero-order valence-corrected chi connectivity index (χ0v) is 21.9. The van der Waals surface area contributed by atoms with Gasteiger partial charge in [-0.2, -0.15) is 0 Å². The summed E-state index contributed by atoms with van der Waals surface area (Å²) in [7, 11) is 3.80. The number of ketones is 1. The summed E-state index contributed by atoms with van der Waals surface area (Å²) in [6.45, 7) is 6.74. The maximum atomic E-state index is 13.3. The number of ether oxygens (including phenoxy) is 2. The van der Waals surface area contributed by atoms with Crippen molar-refractivity contribution in [3.8, 4) is 17.2 Å². The zero-order chi connectivity index (χ0) is 27.2. The molecule has 0 aliphatic carbocycles. The van der Waals surface area contributed by atoms with Crippen LogP contribution in [0.25, 0.3) is 5.76 Å². The lowest BCUT2D eigenvalue weighted by Crippen LogP contribution is -2.35. The molecule has 0 aromatic heterocycles. The minimum atomic E-state index is -0.772. The van der Waals surface area contributed by atoms with Crippen LogP contribution in [-0.4, -0.2) is 60.4 Å². The van der Waals surface area contributed by atoms with Crippen LogP contribution in [0.1, 0.15) is 22.7 Å². The van der Waals surface area contributed by atoms with Gasteiger partial charge in [-0.15, -0.1) is 0 Å². The van der Waals surface area contributed by atoms with Gasteiger partial charge < -0.3 is 24.4 Å². The van der Waals surface area contributed by atoms with Crippen LogP contribution in [0.2, 0.25) is 0 Å². The minimum Gasteiger partial charge on any atom is -0.507 e. The predicted octanol–water partition coefficient (Wildman–Crippen LogP) is 5.34. The molecule has 3 aromatic rings. The molecule has 1 fully saturated rings. The Hall–Kier alpha value is -4.36. The van der Waals surface area contributed by atoms with E-state index in [1.807, 2.05) is 74.4 Å². The third kappa shape index (κ3) is 5.79. The van der Waals surface area contributed by atoms with Crippen LogP contribution >= 0.6 is 0 Å². The normalized spacial score (nSPS) is 16.6. The van der Waals surface area contributed by atoms with Gasteiger partial charge in [0.2, 0.25) is 0 Å². The summed E-state index contributed by atoms with van der Waals surface area (Å²) in [6, 6.07) is 21.0. The predicted molar refractivity (Wildman–Crippen MR) is 147 cm³/mol. The summed E-state index contributed by atoms with van der Waals surface area (Å²) in [4.78, 5) is 30.0. The van der Waals surface area contributed by atoms with Crippen molar-refractivity contribution in [3.63, 3.8) is 0 Å². The topological polar surface area (TPSA) is 79.3 Å². The summed E-state index contributed by atoms with van der Waals surface area (Å²) in [6.07, 6.45) is 1.65. The number of amides is 1. The fraction of sp³-hybridized carbons (Fsp3) is 0.226. The molecule has 1 heterocycles. The number of benzene rings is 3. The van der Waals surface area contributed by atoms with E-state index in [9.17, 15) is 14.7 Å². The maximum absolute atomic E-state index is 13.3. The number of Topliss-reactive ketones (excluding diaryl/α,β-unsaturated/α-hetero) is 1. The highest BCUT2D eigenvalue weighted by molar-refractivity contribution is 6.46. The average molecular weight is 513 g/mol. The zero-order valence-electron chi connectivity index (χ0n) is 21.9. The van der Waals surface area contributed by atoms with Crippen LogP contribution < -0.4 is 9.47 Å². The van der Waals surface area contributed by atoms with Crippen molar-refractivity contribution in [1.82, 2.24) is 9.80 Å². The Labute approximate surface area is 223 Å². The molecule has 1 aliphatic rings. The lowest BCUT2D eigenvalue weighted by molar-refractivity contribution is -0.140. The van der Waals surface area contributed by atoms with Gasteiger partial charge in [-0.1, -0.05) is 43.0 Å². The fourth-order valence-electron chi connectivity index (χ4n) is 4.40. The van der Waals surface area contributed by atoms with Gasteiger partial charge in [0.25, 0.3) is 11.7 Å². The molecule has 4 rings (SSSR count). The third-order valence-corrected chi connectivity index (χ3v) is 6.29. The van der Waals surface area contributed by atoms with Gasteiger partial charge >= 0.3 is 0 Å². The quantitative estimate of drug-likeness (QED) is 0.171. The molecule has 7 nitrogen and oxygen atoms in total. The summed E-state index contributed by atoms with van der Waals surface area (Å²) < 4.78 is 11.7. The lowest BCUT2D eigenvalue weighted by Gasteiger charge is -2.27. The van der Waals surface area contributed by atoms with Gasteiger partial charge in [0, 0.05) is 18.7 Å². The van der Waals surface area contributed by atoms with E-state index in [-0.39, 0.29) is 11.3 Å². The Balaban J connectivity index is 1.78. The van der Waals surface area contributed by atoms with E-state index < -0.39 is 17.7 Å². The van der Waals surface area contributed by atoms with Gasteiger partial charge in [0.05, 0.1) is 11.6 Å². The second kappa shape index (κ2) is 11.8. The van der Waals surface area contributed by atoms with Crippen molar-refractivity contribution in [2.24, 2.45) is 0 Å². The number of hydrogen-bond acceptors (Lipinski definition) is 6. The SMILES string of the molecule is C=CCOc1ccc(C(O)=C2C(=O)C(=O)N(CCN(C)C)C2c2cccc(Oc3ccccc3)c2)cc1C. The minimum absolute atomic E-state index is 0.0461. The Morgan fingerprint density at radius 2 is 1.76 bits per heavy atom. The van der Waals surface area contributed by atoms with Gasteiger partial charge in [-0.3, -0.25) is 9.59 Å². The van der Waals surface area contributed by atoms with Crippen molar-refractivity contribution in [2.75, 3.05) is 33.8 Å². The first-order valence-corrected chi connectivity index (χ1v) is 12.4. The van der Waals surface area contributed by atoms with E-state index in [1.165, 1.54) is 4.90 Å². The number of rotatable bonds is 10. The summed E-state index contributed by atoms with van der Waals surface area (Å²) in [5, 5.41) is 11.4. The van der Waals surface area contributed by atoms with E-state index in [2.05, 4.69) is 6.58 Å².